The van der Waals surface area contributed by atoms with Gasteiger partial charge in [-0.15, -0.1) is 0 Å². The molecular formula is C91H163N3O37. The van der Waals surface area contributed by atoms with Crippen LogP contribution in [0.2, 0.25) is 0 Å². The zero-order chi connectivity index (χ0) is 96.8. The van der Waals surface area contributed by atoms with Crippen LogP contribution in [0.25, 0.3) is 0 Å². The number of carbonyl (C=O) groups is 6. The summed E-state index contributed by atoms with van der Waals surface area (Å²) in [5.41, 5.74) is 0. The van der Waals surface area contributed by atoms with Crippen LogP contribution in [0, 0.1) is 5.92 Å². The Hall–Kier alpha value is -4.40. The summed E-state index contributed by atoms with van der Waals surface area (Å²) < 4.78 is 71.1. The SMILES string of the molecule is CCCCCCCCCCCCCCC/C=C/C[C@@H](O)[C@@H](O)[C@@H](NC(=O)[C@H](O)CCCCCCCCCCCCCCCCCCCCCC)O[C@@H]1O[C@H](CO)[C@@H](O[C@@H]2O[C@H](CO[C@]3(C(=O)O)C[C@H](O)[C@@H](CC(=O)CC)[C@H]([C@@H](O)C(CO)OC)O3)[C@H](O)[C@H](O[C@@H]3O[C@H](CO)[C@H](O)[C@H](O[C@]4(C(=O)O)C[C@H](O)[C@@H](NC(=O)CO)[C@H]([C@@H](O)C(CO)OC)O4)[C@H]3NC(C)=O)[C@H]2O)[C@H](O)[C@H]1O. The second-order valence-electron chi connectivity index (χ2n) is 35.9. The molecule has 0 aromatic rings. The number of rotatable bonds is 70. The van der Waals surface area contributed by atoms with E-state index in [4.69, 9.17) is 56.8 Å². The molecule has 2 unspecified atom stereocenters. The molecule has 0 aliphatic carbocycles. The van der Waals surface area contributed by atoms with Crippen molar-refractivity contribution in [2.45, 2.75) is 468 Å². The molecule has 0 aromatic heterocycles. The molecule has 5 rings (SSSR count). The smallest absolute Gasteiger partial charge is 0.364 e. The summed E-state index contributed by atoms with van der Waals surface area (Å²) in [6.07, 6.45) is -16.6. The molecule has 5 aliphatic heterocycles. The highest BCUT2D eigenvalue weighted by atomic mass is 16.8. The Labute approximate surface area is 770 Å². The van der Waals surface area contributed by atoms with Gasteiger partial charge in [0.25, 0.3) is 17.5 Å². The monoisotopic (exact) mass is 1890 g/mol. The number of hydrogen-bond donors (Lipinski definition) is 22. The van der Waals surface area contributed by atoms with Crippen molar-refractivity contribution in [2.24, 2.45) is 5.92 Å². The third-order valence-electron chi connectivity index (χ3n) is 25.7. The number of Topliss-reactive ketones (excluding diaryl/α,β-unsaturated/α-hetero) is 1. The Morgan fingerprint density at radius 3 is 1.41 bits per heavy atom. The van der Waals surface area contributed by atoms with Gasteiger partial charge in [-0.25, -0.2) is 9.59 Å². The molecule has 0 spiro atoms. The molecule has 40 heteroatoms. The number of nitrogens with one attached hydrogen (secondary N) is 3. The second-order valence-corrected chi connectivity index (χ2v) is 35.9. The largest absolute Gasteiger partial charge is 0.477 e. The first-order valence-corrected chi connectivity index (χ1v) is 48.1. The predicted molar refractivity (Wildman–Crippen MR) is 468 cm³/mol. The maximum Gasteiger partial charge on any atom is 0.364 e. The molecule has 5 fully saturated rings. The van der Waals surface area contributed by atoms with Crippen LogP contribution in [0.5, 0.6) is 0 Å². The number of carbonyl (C=O) groups excluding carboxylic acids is 4. The number of carboxylic acid groups (broad SMARTS) is 2. The van der Waals surface area contributed by atoms with Gasteiger partial charge in [-0.2, -0.15) is 0 Å². The lowest BCUT2D eigenvalue weighted by Gasteiger charge is -2.52. The summed E-state index contributed by atoms with van der Waals surface area (Å²) in [4.78, 5) is 80.6. The number of aliphatic hydroxyl groups is 17. The summed E-state index contributed by atoms with van der Waals surface area (Å²) in [7, 11) is 2.09. The van der Waals surface area contributed by atoms with Crippen LogP contribution >= 0.6 is 0 Å². The van der Waals surface area contributed by atoms with Crippen LogP contribution in [-0.2, 0) is 85.6 Å². The van der Waals surface area contributed by atoms with Crippen LogP contribution in [0.4, 0.5) is 0 Å². The Kier molecular flexibility index (Phi) is 56.5. The lowest BCUT2D eigenvalue weighted by Crippen LogP contribution is -2.72. The van der Waals surface area contributed by atoms with Crippen LogP contribution in [0.15, 0.2) is 12.2 Å². The topological polar surface area (TPSA) is 634 Å². The number of methoxy groups -OCH3 is 2. The standard InChI is InChI=1S/C91H163N3O37/c1-7-10-12-14-16-18-20-22-24-26-27-28-29-31-33-35-37-39-41-43-45-59(103)83(115)94-84(70(107)58(102)44-42-40-38-36-34-32-30-25-23-21-19-17-15-13-11-8-2)128-86-76(113)75(112)79(65(52-98)124-86)126-87-77(114)82(74(111)66(125-87)54-122-90(88(116)117)47-60(104)57(46-56(101)9-3)78(129-90)71(108)62(49-95)120-5)127-85-69(92-55(4)100)81(73(110)64(51-97)123-85)131-91(89(118)119)48-61(105)68(93-67(106)53-99)80(130-91)72(109)63(50-96)121-6/h40,42,57-66,68-82,84-87,95-99,102-105,107-114H,7-39,41,43-54H2,1-6H3,(H,92,100)(H,93,106)(H,94,115)(H,116,117)(H,118,119)/b42-40+/t57-,58-,59-,60+,61+,62?,63?,64-,65-,66-,68-,69-,70-,71+,72+,73+,74+,75-,76-,77-,78-,79-,80-,81-,82+,84+,85+,86+,87+,90-,91+/m1/s1. The van der Waals surface area contributed by atoms with Gasteiger partial charge in [0.15, 0.2) is 25.1 Å². The van der Waals surface area contributed by atoms with Gasteiger partial charge in [0.2, 0.25) is 11.8 Å². The average Bonchev–Trinajstić information content (AvgIpc) is 0.748. The van der Waals surface area contributed by atoms with Gasteiger partial charge in [0, 0.05) is 52.7 Å². The zero-order valence-corrected chi connectivity index (χ0v) is 77.8. The first-order valence-electron chi connectivity index (χ1n) is 48.1. The molecule has 3 amide bonds. The number of hydrogen-bond acceptors (Lipinski definition) is 35. The zero-order valence-electron chi connectivity index (χ0n) is 77.8. The highest BCUT2D eigenvalue weighted by molar-refractivity contribution is 5.81. The maximum atomic E-state index is 14.0. The summed E-state index contributed by atoms with van der Waals surface area (Å²) in [5.74, 6) is -15.8. The quantitative estimate of drug-likeness (QED) is 0.0235. The van der Waals surface area contributed by atoms with E-state index in [0.717, 1.165) is 85.4 Å². The number of aliphatic carboxylic acids is 2. The average molecular weight is 1890 g/mol. The van der Waals surface area contributed by atoms with Crippen LogP contribution < -0.4 is 16.0 Å². The minimum atomic E-state index is -3.34. The van der Waals surface area contributed by atoms with Gasteiger partial charge < -0.3 is 170 Å². The van der Waals surface area contributed by atoms with Gasteiger partial charge >= 0.3 is 11.9 Å². The predicted octanol–water partition coefficient (Wildman–Crippen LogP) is 1.87. The van der Waals surface area contributed by atoms with Crippen LogP contribution in [0.1, 0.15) is 285 Å². The molecule has 0 radical (unpaired) electrons. The molecule has 131 heavy (non-hydrogen) atoms. The van der Waals surface area contributed by atoms with Gasteiger partial charge in [-0.3, -0.25) is 19.2 Å². The highest BCUT2D eigenvalue weighted by Crippen LogP contribution is 2.43. The fraction of sp³-hybridized carbons (Fsp3) is 0.912. The molecular weight excluding hydrogens is 1730 g/mol. The van der Waals surface area contributed by atoms with E-state index in [1.54, 1.807) is 6.08 Å². The molecule has 5 aliphatic rings. The van der Waals surface area contributed by atoms with E-state index in [2.05, 4.69) is 29.8 Å². The minimum Gasteiger partial charge on any atom is -0.477 e. The van der Waals surface area contributed by atoms with Crippen molar-refractivity contribution in [3.63, 3.8) is 0 Å². The number of unbranched alkanes of at least 4 members (excludes halogenated alkanes) is 32. The molecule has 40 nitrogen and oxygen atoms in total. The normalized spacial score (nSPS) is 31.4. The molecule has 22 N–H and O–H groups in total. The van der Waals surface area contributed by atoms with Gasteiger partial charge in [0.1, 0.15) is 128 Å². The number of ether oxygens (including phenoxy) is 12. The van der Waals surface area contributed by atoms with E-state index in [1.165, 1.54) is 142 Å². The van der Waals surface area contributed by atoms with Crippen LogP contribution in [0.3, 0.4) is 0 Å². The van der Waals surface area contributed by atoms with Crippen molar-refractivity contribution in [3.05, 3.63) is 12.2 Å². The minimum absolute atomic E-state index is 0.0327. The Morgan fingerprint density at radius 2 is 0.939 bits per heavy atom. The number of allylic oxidation sites excluding steroid dienone is 1. The van der Waals surface area contributed by atoms with E-state index in [0.29, 0.717) is 19.3 Å². The van der Waals surface area contributed by atoms with Crippen molar-refractivity contribution in [3.8, 4) is 0 Å². The van der Waals surface area contributed by atoms with Crippen molar-refractivity contribution in [2.75, 3.05) is 53.9 Å². The number of aliphatic hydroxyl groups excluding tert-OH is 17. The fourth-order valence-electron chi connectivity index (χ4n) is 17.6. The molecule has 5 heterocycles. The maximum absolute atomic E-state index is 14.0. The molecule has 0 saturated carbocycles. The van der Waals surface area contributed by atoms with Gasteiger partial charge in [-0.05, 0) is 25.7 Å². The van der Waals surface area contributed by atoms with Crippen LogP contribution in [-0.4, -0.2) is 369 Å². The third-order valence-corrected chi connectivity index (χ3v) is 25.7. The summed E-state index contributed by atoms with van der Waals surface area (Å²) >= 11 is 0. The lowest BCUT2D eigenvalue weighted by molar-refractivity contribution is -0.390. The first-order chi connectivity index (χ1) is 62.8. The molecule has 31 atom stereocenters. The lowest BCUT2D eigenvalue weighted by atomic mass is 9.80. The first kappa shape index (κ1) is 117. The molecule has 0 aromatic carbocycles. The summed E-state index contributed by atoms with van der Waals surface area (Å²) in [6.45, 7) is -0.0809. The summed E-state index contributed by atoms with van der Waals surface area (Å²) in [5, 5.41) is 224. The van der Waals surface area contributed by atoms with E-state index in [9.17, 15) is 126 Å². The third kappa shape index (κ3) is 37.4. The number of amides is 3. The van der Waals surface area contributed by atoms with E-state index in [1.807, 2.05) is 6.08 Å². The van der Waals surface area contributed by atoms with Gasteiger partial charge in [0.05, 0.1) is 63.5 Å². The highest BCUT2D eigenvalue weighted by Gasteiger charge is 2.63. The number of carboxylic acids is 2. The molecule has 5 saturated heterocycles. The van der Waals surface area contributed by atoms with E-state index < -0.39 is 283 Å². The Morgan fingerprint density at radius 1 is 0.481 bits per heavy atom. The molecule has 0 bridgehead atoms. The Bertz CT molecular complexity index is 3170. The van der Waals surface area contributed by atoms with Gasteiger partial charge in [-0.1, -0.05) is 238 Å². The van der Waals surface area contributed by atoms with E-state index >= 15 is 0 Å². The molecule has 764 valence electrons. The van der Waals surface area contributed by atoms with Crippen molar-refractivity contribution in [1.82, 2.24) is 16.0 Å². The fourth-order valence-corrected chi connectivity index (χ4v) is 17.6. The van der Waals surface area contributed by atoms with E-state index in [-0.39, 0.29) is 19.3 Å². The second kappa shape index (κ2) is 63.2. The van der Waals surface area contributed by atoms with Crippen molar-refractivity contribution < 1.29 is 183 Å². The summed E-state index contributed by atoms with van der Waals surface area (Å²) in [6, 6.07) is -4.01. The Balaban J connectivity index is 1.46. The van der Waals surface area contributed by atoms with Crippen molar-refractivity contribution in [1.29, 1.82) is 0 Å². The number of ketones is 1. The van der Waals surface area contributed by atoms with Crippen molar-refractivity contribution >= 4 is 35.4 Å².